The SMILES string of the molecule is COc1cc(CN2C[C@@H](O)C[C@@H]2c2ccc(F)cc2)ccc1C#N. The van der Waals surface area contributed by atoms with E-state index in [4.69, 9.17) is 10.00 Å². The minimum Gasteiger partial charge on any atom is -0.495 e. The second kappa shape index (κ2) is 7.00. The van der Waals surface area contributed by atoms with Gasteiger partial charge in [-0.25, -0.2) is 4.39 Å². The number of hydrogen-bond acceptors (Lipinski definition) is 4. The summed E-state index contributed by atoms with van der Waals surface area (Å²) in [6, 6.07) is 14.1. The van der Waals surface area contributed by atoms with E-state index in [2.05, 4.69) is 11.0 Å². The van der Waals surface area contributed by atoms with Crippen molar-refractivity contribution in [1.29, 1.82) is 5.26 Å². The number of halogens is 1. The molecule has 0 aliphatic carbocycles. The molecule has 0 unspecified atom stereocenters. The zero-order chi connectivity index (χ0) is 17.1. The summed E-state index contributed by atoms with van der Waals surface area (Å²) in [6.07, 6.45) is 0.222. The van der Waals surface area contributed by atoms with Crippen molar-refractivity contribution < 1.29 is 14.2 Å². The van der Waals surface area contributed by atoms with E-state index in [0.29, 0.717) is 30.8 Å². The Morgan fingerprint density at radius 3 is 2.71 bits per heavy atom. The second-order valence-corrected chi connectivity index (χ2v) is 6.03. The lowest BCUT2D eigenvalue weighted by molar-refractivity contribution is 0.172. The molecule has 1 aliphatic rings. The van der Waals surface area contributed by atoms with Crippen LogP contribution >= 0.6 is 0 Å². The molecule has 124 valence electrons. The van der Waals surface area contributed by atoms with Crippen LogP contribution in [0.3, 0.4) is 0 Å². The first kappa shape index (κ1) is 16.4. The summed E-state index contributed by atoms with van der Waals surface area (Å²) in [7, 11) is 1.54. The highest BCUT2D eigenvalue weighted by atomic mass is 19.1. The highest BCUT2D eigenvalue weighted by Crippen LogP contribution is 2.34. The summed E-state index contributed by atoms with van der Waals surface area (Å²) < 4.78 is 18.4. The average Bonchev–Trinajstić information content (AvgIpc) is 2.95. The van der Waals surface area contributed by atoms with Crippen molar-refractivity contribution in [3.8, 4) is 11.8 Å². The molecule has 1 heterocycles. The highest BCUT2D eigenvalue weighted by Gasteiger charge is 2.32. The predicted octanol–water partition coefficient (Wildman–Crippen LogP) is 3.01. The van der Waals surface area contributed by atoms with Gasteiger partial charge in [0, 0.05) is 19.1 Å². The van der Waals surface area contributed by atoms with E-state index < -0.39 is 6.10 Å². The van der Waals surface area contributed by atoms with Gasteiger partial charge in [-0.15, -0.1) is 0 Å². The Morgan fingerprint density at radius 2 is 2.04 bits per heavy atom. The van der Waals surface area contributed by atoms with Gasteiger partial charge in [0.2, 0.25) is 0 Å². The monoisotopic (exact) mass is 326 g/mol. The Hall–Kier alpha value is -2.42. The molecule has 3 rings (SSSR count). The molecule has 2 atom stereocenters. The first-order valence-corrected chi connectivity index (χ1v) is 7.85. The molecule has 0 saturated carbocycles. The van der Waals surface area contributed by atoms with Gasteiger partial charge >= 0.3 is 0 Å². The molecule has 1 fully saturated rings. The minimum atomic E-state index is -0.402. The smallest absolute Gasteiger partial charge is 0.136 e. The maximum atomic E-state index is 13.1. The van der Waals surface area contributed by atoms with Gasteiger partial charge in [0.25, 0.3) is 0 Å². The first-order chi connectivity index (χ1) is 11.6. The lowest BCUT2D eigenvalue weighted by atomic mass is 10.0. The number of aliphatic hydroxyl groups excluding tert-OH is 1. The Labute approximate surface area is 140 Å². The molecule has 1 aliphatic heterocycles. The van der Waals surface area contributed by atoms with Crippen molar-refractivity contribution in [2.24, 2.45) is 0 Å². The molecule has 4 nitrogen and oxygen atoms in total. The third-order valence-corrected chi connectivity index (χ3v) is 4.41. The third-order valence-electron chi connectivity index (χ3n) is 4.41. The zero-order valence-corrected chi connectivity index (χ0v) is 13.4. The Kier molecular flexibility index (Phi) is 4.79. The summed E-state index contributed by atoms with van der Waals surface area (Å²) in [5.41, 5.74) is 2.50. The zero-order valence-electron chi connectivity index (χ0n) is 13.4. The van der Waals surface area contributed by atoms with Crippen molar-refractivity contribution in [3.63, 3.8) is 0 Å². The van der Waals surface area contributed by atoms with Crippen molar-refractivity contribution >= 4 is 0 Å². The Morgan fingerprint density at radius 1 is 1.29 bits per heavy atom. The summed E-state index contributed by atoms with van der Waals surface area (Å²) >= 11 is 0. The molecule has 0 amide bonds. The van der Waals surface area contributed by atoms with Crippen LogP contribution in [-0.2, 0) is 6.54 Å². The van der Waals surface area contributed by atoms with Gasteiger partial charge in [-0.3, -0.25) is 4.90 Å². The van der Waals surface area contributed by atoms with Crippen LogP contribution < -0.4 is 4.74 Å². The van der Waals surface area contributed by atoms with Gasteiger partial charge in [0.05, 0.1) is 18.8 Å². The predicted molar refractivity (Wildman–Crippen MR) is 87.9 cm³/mol. The summed E-state index contributed by atoms with van der Waals surface area (Å²) in [4.78, 5) is 2.17. The number of likely N-dealkylation sites (tertiary alicyclic amines) is 1. The largest absolute Gasteiger partial charge is 0.495 e. The molecule has 5 heteroatoms. The van der Waals surface area contributed by atoms with Crippen LogP contribution in [0.2, 0.25) is 0 Å². The molecule has 0 radical (unpaired) electrons. The van der Waals surface area contributed by atoms with Gasteiger partial charge in [0.15, 0.2) is 0 Å². The maximum Gasteiger partial charge on any atom is 0.136 e. The van der Waals surface area contributed by atoms with Crippen LogP contribution in [-0.4, -0.2) is 29.8 Å². The van der Waals surface area contributed by atoms with Crippen LogP contribution in [0.1, 0.15) is 29.2 Å². The van der Waals surface area contributed by atoms with Gasteiger partial charge in [-0.05, 0) is 41.8 Å². The molecule has 0 bridgehead atoms. The molecule has 0 spiro atoms. The number of rotatable bonds is 4. The van der Waals surface area contributed by atoms with E-state index >= 15 is 0 Å². The van der Waals surface area contributed by atoms with E-state index in [1.807, 2.05) is 12.1 Å². The summed E-state index contributed by atoms with van der Waals surface area (Å²) in [5.74, 6) is 0.286. The van der Waals surface area contributed by atoms with Crippen LogP contribution in [0, 0.1) is 17.1 Å². The maximum absolute atomic E-state index is 13.1. The van der Waals surface area contributed by atoms with Crippen molar-refractivity contribution in [2.45, 2.75) is 25.1 Å². The van der Waals surface area contributed by atoms with Crippen LogP contribution in [0.15, 0.2) is 42.5 Å². The molecular formula is C19H19FN2O2. The first-order valence-electron chi connectivity index (χ1n) is 7.85. The van der Waals surface area contributed by atoms with Crippen molar-refractivity contribution in [3.05, 3.63) is 65.0 Å². The minimum absolute atomic E-state index is 0.0437. The van der Waals surface area contributed by atoms with E-state index in [1.54, 1.807) is 25.3 Å². The second-order valence-electron chi connectivity index (χ2n) is 6.03. The van der Waals surface area contributed by atoms with Crippen LogP contribution in [0.4, 0.5) is 4.39 Å². The van der Waals surface area contributed by atoms with Crippen LogP contribution in [0.5, 0.6) is 5.75 Å². The van der Waals surface area contributed by atoms with Gasteiger partial charge in [0.1, 0.15) is 17.6 Å². The van der Waals surface area contributed by atoms with E-state index in [-0.39, 0.29) is 11.9 Å². The summed E-state index contributed by atoms with van der Waals surface area (Å²) in [5, 5.41) is 19.1. The number of ether oxygens (including phenoxy) is 1. The molecule has 1 N–H and O–H groups in total. The van der Waals surface area contributed by atoms with E-state index in [1.165, 1.54) is 12.1 Å². The lowest BCUT2D eigenvalue weighted by Gasteiger charge is -2.24. The van der Waals surface area contributed by atoms with Gasteiger partial charge in [-0.2, -0.15) is 5.26 Å². The van der Waals surface area contributed by atoms with Gasteiger partial charge < -0.3 is 9.84 Å². The lowest BCUT2D eigenvalue weighted by Crippen LogP contribution is -2.24. The van der Waals surface area contributed by atoms with E-state index in [0.717, 1.165) is 11.1 Å². The standard InChI is InChI=1S/C19H19FN2O2/c1-24-19-8-13(2-3-15(19)10-21)11-22-12-17(23)9-18(22)14-4-6-16(20)7-5-14/h2-8,17-18,23H,9,11-12H2,1H3/t17-,18+/m0/s1. The number of benzene rings is 2. The topological polar surface area (TPSA) is 56.5 Å². The molecule has 24 heavy (non-hydrogen) atoms. The quantitative estimate of drug-likeness (QED) is 0.938. The number of aliphatic hydroxyl groups is 1. The number of nitriles is 1. The molecule has 2 aromatic rings. The molecule has 0 aromatic heterocycles. The molecule has 1 saturated heterocycles. The van der Waals surface area contributed by atoms with Crippen molar-refractivity contribution in [1.82, 2.24) is 4.90 Å². The molecule has 2 aromatic carbocycles. The number of hydrogen-bond donors (Lipinski definition) is 1. The fourth-order valence-corrected chi connectivity index (χ4v) is 3.25. The number of methoxy groups -OCH3 is 1. The molecular weight excluding hydrogens is 307 g/mol. The van der Waals surface area contributed by atoms with Gasteiger partial charge in [-0.1, -0.05) is 18.2 Å². The Balaban J connectivity index is 1.82. The fraction of sp³-hybridized carbons (Fsp3) is 0.316. The van der Waals surface area contributed by atoms with E-state index in [9.17, 15) is 9.50 Å². The van der Waals surface area contributed by atoms with Crippen LogP contribution in [0.25, 0.3) is 0 Å². The van der Waals surface area contributed by atoms with Crippen molar-refractivity contribution in [2.75, 3.05) is 13.7 Å². The number of β-amino-alcohol motifs (C(OH)–C–C–N with tert-alkyl or cyclic N) is 1. The normalized spacial score (nSPS) is 20.8. The average molecular weight is 326 g/mol. The highest BCUT2D eigenvalue weighted by molar-refractivity contribution is 5.45. The Bertz CT molecular complexity index is 755. The fourth-order valence-electron chi connectivity index (χ4n) is 3.25. The summed E-state index contributed by atoms with van der Waals surface area (Å²) in [6.45, 7) is 1.19. The third kappa shape index (κ3) is 3.40. The number of nitrogens with zero attached hydrogens (tertiary/aromatic N) is 2.